The molecule has 21 heavy (non-hydrogen) atoms. The van der Waals surface area contributed by atoms with Gasteiger partial charge >= 0.3 is 0 Å². The van der Waals surface area contributed by atoms with Gasteiger partial charge in [0.25, 0.3) is 0 Å². The van der Waals surface area contributed by atoms with Gasteiger partial charge in [0, 0.05) is 16.9 Å². The highest BCUT2D eigenvalue weighted by Crippen LogP contribution is 2.28. The van der Waals surface area contributed by atoms with Crippen molar-refractivity contribution in [2.75, 3.05) is 17.6 Å². The van der Waals surface area contributed by atoms with E-state index in [0.717, 1.165) is 10.0 Å². The summed E-state index contributed by atoms with van der Waals surface area (Å²) in [6.07, 6.45) is 3.72. The van der Waals surface area contributed by atoms with Crippen molar-refractivity contribution in [2.45, 2.75) is 6.42 Å². The number of ether oxygens (including phenoxy) is 1. The van der Waals surface area contributed by atoms with E-state index in [4.69, 9.17) is 4.74 Å². The Morgan fingerprint density at radius 3 is 2.62 bits per heavy atom. The number of methoxy groups -OCH3 is 1. The second kappa shape index (κ2) is 6.91. The molecule has 0 radical (unpaired) electrons. The molecule has 0 fully saturated rings. The number of aryl methyl sites for hydroxylation is 1. The Morgan fingerprint density at radius 1 is 1.24 bits per heavy atom. The van der Waals surface area contributed by atoms with E-state index in [-0.39, 0.29) is 5.75 Å². The predicted octanol–water partition coefficient (Wildman–Crippen LogP) is 2.84. The van der Waals surface area contributed by atoms with Crippen molar-refractivity contribution in [3.8, 4) is 5.75 Å². The zero-order chi connectivity index (χ0) is 15.3. The third kappa shape index (κ3) is 4.71. The van der Waals surface area contributed by atoms with Crippen LogP contribution in [-0.4, -0.2) is 26.3 Å². The molecule has 0 saturated heterocycles. The highest BCUT2D eigenvalue weighted by molar-refractivity contribution is 9.10. The Bertz CT molecular complexity index is 705. The molecule has 1 heterocycles. The molecule has 1 aromatic heterocycles. The van der Waals surface area contributed by atoms with Crippen molar-refractivity contribution in [1.29, 1.82) is 0 Å². The van der Waals surface area contributed by atoms with E-state index in [9.17, 15) is 8.42 Å². The molecular weight excluding hydrogens is 356 g/mol. The van der Waals surface area contributed by atoms with Crippen molar-refractivity contribution in [1.82, 2.24) is 4.98 Å². The number of aromatic nitrogens is 1. The minimum absolute atomic E-state index is 0.00726. The quantitative estimate of drug-likeness (QED) is 0.848. The van der Waals surface area contributed by atoms with Crippen LogP contribution in [0.2, 0.25) is 0 Å². The lowest BCUT2D eigenvalue weighted by Crippen LogP contribution is -2.18. The van der Waals surface area contributed by atoms with Gasteiger partial charge in [-0.25, -0.2) is 8.42 Å². The number of nitrogens with zero attached hydrogens (tertiary/aromatic N) is 1. The molecule has 7 heteroatoms. The zero-order valence-electron chi connectivity index (χ0n) is 11.4. The van der Waals surface area contributed by atoms with Crippen LogP contribution in [0.5, 0.6) is 5.75 Å². The summed E-state index contributed by atoms with van der Waals surface area (Å²) < 4.78 is 32.8. The van der Waals surface area contributed by atoms with E-state index in [1.807, 2.05) is 0 Å². The molecule has 0 aliphatic rings. The Kier molecular flexibility index (Phi) is 5.19. The fourth-order valence-corrected chi connectivity index (χ4v) is 3.24. The van der Waals surface area contributed by atoms with Gasteiger partial charge in [-0.2, -0.15) is 0 Å². The number of nitrogens with one attached hydrogen (secondary N) is 1. The van der Waals surface area contributed by atoms with Crippen LogP contribution in [0.25, 0.3) is 0 Å². The molecule has 112 valence electrons. The van der Waals surface area contributed by atoms with Gasteiger partial charge < -0.3 is 4.74 Å². The number of anilines is 1. The summed E-state index contributed by atoms with van der Waals surface area (Å²) in [5, 5.41) is 0. The summed E-state index contributed by atoms with van der Waals surface area (Å²) in [6.45, 7) is 0. The molecule has 0 saturated carbocycles. The van der Waals surface area contributed by atoms with Crippen LogP contribution in [0.1, 0.15) is 5.56 Å². The second-order valence-electron chi connectivity index (χ2n) is 4.37. The van der Waals surface area contributed by atoms with Crippen molar-refractivity contribution in [3.63, 3.8) is 0 Å². The maximum Gasteiger partial charge on any atom is 0.233 e. The minimum atomic E-state index is -3.45. The van der Waals surface area contributed by atoms with Crippen LogP contribution in [0.4, 0.5) is 5.69 Å². The molecule has 0 aliphatic carbocycles. The van der Waals surface area contributed by atoms with Crippen LogP contribution >= 0.6 is 15.9 Å². The highest BCUT2D eigenvalue weighted by Gasteiger charge is 2.14. The maximum absolute atomic E-state index is 12.2. The molecule has 1 aromatic carbocycles. The molecule has 0 unspecified atom stereocenters. The number of hydrogen-bond acceptors (Lipinski definition) is 4. The molecule has 2 rings (SSSR count). The number of halogens is 1. The third-order valence-electron chi connectivity index (χ3n) is 2.84. The van der Waals surface area contributed by atoms with Gasteiger partial charge in [-0.3, -0.25) is 9.71 Å². The Hall–Kier alpha value is -1.60. The number of benzene rings is 1. The normalized spacial score (nSPS) is 11.1. The maximum atomic E-state index is 12.2. The molecule has 0 bridgehead atoms. The van der Waals surface area contributed by atoms with Crippen LogP contribution in [0, 0.1) is 0 Å². The lowest BCUT2D eigenvalue weighted by Gasteiger charge is -2.12. The van der Waals surface area contributed by atoms with Crippen LogP contribution < -0.4 is 9.46 Å². The Balaban J connectivity index is 2.09. The van der Waals surface area contributed by atoms with Crippen LogP contribution in [-0.2, 0) is 16.4 Å². The Morgan fingerprint density at radius 2 is 1.95 bits per heavy atom. The summed E-state index contributed by atoms with van der Waals surface area (Å²) in [5.74, 6) is 0.470. The number of pyridine rings is 1. The molecule has 0 amide bonds. The highest BCUT2D eigenvalue weighted by atomic mass is 79.9. The number of sulfonamides is 1. The molecule has 0 aliphatic heterocycles. The molecule has 1 N–H and O–H groups in total. The first-order chi connectivity index (χ1) is 10.00. The summed E-state index contributed by atoms with van der Waals surface area (Å²) >= 11 is 3.31. The van der Waals surface area contributed by atoms with E-state index in [0.29, 0.717) is 17.9 Å². The lowest BCUT2D eigenvalue weighted by atomic mass is 10.2. The first-order valence-electron chi connectivity index (χ1n) is 6.23. The summed E-state index contributed by atoms with van der Waals surface area (Å²) in [7, 11) is -1.96. The van der Waals surface area contributed by atoms with E-state index < -0.39 is 10.0 Å². The van der Waals surface area contributed by atoms with Crippen molar-refractivity contribution in [3.05, 3.63) is 52.8 Å². The third-order valence-corrected chi connectivity index (χ3v) is 4.60. The van der Waals surface area contributed by atoms with Gasteiger partial charge in [0.15, 0.2) is 0 Å². The second-order valence-corrected chi connectivity index (χ2v) is 7.13. The molecular formula is C14H15BrN2O3S. The van der Waals surface area contributed by atoms with E-state index in [1.54, 1.807) is 42.7 Å². The SMILES string of the molecule is COc1ccc(Br)cc1NS(=O)(=O)CCc1ccncc1. The molecule has 2 aromatic rings. The number of rotatable bonds is 6. The molecule has 0 spiro atoms. The lowest BCUT2D eigenvalue weighted by molar-refractivity contribution is 0.417. The summed E-state index contributed by atoms with van der Waals surface area (Å²) in [4.78, 5) is 3.90. The van der Waals surface area contributed by atoms with Gasteiger partial charge in [-0.05, 0) is 42.3 Å². The van der Waals surface area contributed by atoms with Gasteiger partial charge in [0.05, 0.1) is 18.6 Å². The topological polar surface area (TPSA) is 68.3 Å². The van der Waals surface area contributed by atoms with Crippen molar-refractivity contribution in [2.24, 2.45) is 0 Å². The summed E-state index contributed by atoms with van der Waals surface area (Å²) in [6, 6.07) is 8.76. The monoisotopic (exact) mass is 370 g/mol. The van der Waals surface area contributed by atoms with Gasteiger partial charge in [0.1, 0.15) is 5.75 Å². The average Bonchev–Trinajstić information content (AvgIpc) is 2.46. The van der Waals surface area contributed by atoms with Crippen molar-refractivity contribution >= 4 is 31.6 Å². The Labute approximate surface area is 132 Å². The first kappa shape index (κ1) is 15.8. The van der Waals surface area contributed by atoms with E-state index >= 15 is 0 Å². The minimum Gasteiger partial charge on any atom is -0.495 e. The summed E-state index contributed by atoms with van der Waals surface area (Å²) in [5.41, 5.74) is 1.35. The van der Waals surface area contributed by atoms with Gasteiger partial charge in [0.2, 0.25) is 10.0 Å². The first-order valence-corrected chi connectivity index (χ1v) is 8.67. The number of hydrogen-bond donors (Lipinski definition) is 1. The molecule has 5 nitrogen and oxygen atoms in total. The smallest absolute Gasteiger partial charge is 0.233 e. The standard InChI is InChI=1S/C14H15BrN2O3S/c1-20-14-3-2-12(15)10-13(14)17-21(18,19)9-6-11-4-7-16-8-5-11/h2-5,7-8,10,17H,6,9H2,1H3. The molecule has 0 atom stereocenters. The fraction of sp³-hybridized carbons (Fsp3) is 0.214. The van der Waals surface area contributed by atoms with Crippen molar-refractivity contribution < 1.29 is 13.2 Å². The zero-order valence-corrected chi connectivity index (χ0v) is 13.8. The van der Waals surface area contributed by atoms with Gasteiger partial charge in [-0.1, -0.05) is 15.9 Å². The van der Waals surface area contributed by atoms with E-state index in [1.165, 1.54) is 7.11 Å². The average molecular weight is 371 g/mol. The largest absolute Gasteiger partial charge is 0.495 e. The van der Waals surface area contributed by atoms with E-state index in [2.05, 4.69) is 25.6 Å². The fourth-order valence-electron chi connectivity index (χ4n) is 1.78. The van der Waals surface area contributed by atoms with Crippen LogP contribution in [0.3, 0.4) is 0 Å². The van der Waals surface area contributed by atoms with Crippen LogP contribution in [0.15, 0.2) is 47.2 Å². The van der Waals surface area contributed by atoms with Gasteiger partial charge in [-0.15, -0.1) is 0 Å². The predicted molar refractivity (Wildman–Crippen MR) is 86.0 cm³/mol.